The Kier molecular flexibility index (Phi) is 5.35. The van der Waals surface area contributed by atoms with Crippen molar-refractivity contribution in [3.63, 3.8) is 0 Å². The maximum Gasteiger partial charge on any atom is 0.314 e. The van der Waals surface area contributed by atoms with E-state index >= 15 is 0 Å². The first-order chi connectivity index (χ1) is 11.0. The molecule has 23 heavy (non-hydrogen) atoms. The number of aromatic nitrogens is 1. The Labute approximate surface area is 131 Å². The molecule has 7 heteroatoms. The number of halogens is 2. The normalized spacial score (nSPS) is 10.2. The van der Waals surface area contributed by atoms with Gasteiger partial charge in [0.2, 0.25) is 0 Å². The molecule has 1 N–H and O–H groups in total. The van der Waals surface area contributed by atoms with Gasteiger partial charge in [0.25, 0.3) is 0 Å². The third-order valence-corrected chi connectivity index (χ3v) is 3.23. The number of carbonyl (C=O) groups is 2. The number of nitrogens with one attached hydrogen (secondary N) is 1. The van der Waals surface area contributed by atoms with Crippen LogP contribution in [0.3, 0.4) is 0 Å². The summed E-state index contributed by atoms with van der Waals surface area (Å²) in [5.74, 6) is -3.84. The van der Waals surface area contributed by atoms with E-state index in [-0.39, 0.29) is 6.54 Å². The number of nitrogens with zero attached hydrogens (tertiary/aromatic N) is 2. The number of pyridine rings is 1. The molecule has 0 spiro atoms. The largest absolute Gasteiger partial charge is 0.337 e. The lowest BCUT2D eigenvalue weighted by molar-refractivity contribution is -0.142. The van der Waals surface area contributed by atoms with Gasteiger partial charge in [0.1, 0.15) is 17.3 Å². The summed E-state index contributed by atoms with van der Waals surface area (Å²) in [5, 5.41) is 1.97. The fourth-order valence-electron chi connectivity index (χ4n) is 1.91. The Morgan fingerprint density at radius 1 is 1.13 bits per heavy atom. The summed E-state index contributed by atoms with van der Waals surface area (Å²) in [7, 11) is 1.45. The number of anilines is 1. The van der Waals surface area contributed by atoms with E-state index in [0.717, 1.165) is 17.7 Å². The maximum absolute atomic E-state index is 13.5. The Morgan fingerprint density at radius 2 is 1.74 bits per heavy atom. The molecule has 2 amide bonds. The number of amides is 2. The minimum Gasteiger partial charge on any atom is -0.337 e. The topological polar surface area (TPSA) is 62.3 Å². The molecule has 0 fully saturated rings. The molecule has 0 aliphatic carbocycles. The molecule has 0 aliphatic rings. The summed E-state index contributed by atoms with van der Waals surface area (Å²) in [6.45, 7) is 0.288. The SMILES string of the molecule is CN(CCc1ccncc1)C(=O)C(=O)Nc1c(F)cccc1F. The van der Waals surface area contributed by atoms with Gasteiger partial charge in [0.05, 0.1) is 0 Å². The predicted octanol–water partition coefficient (Wildman–Crippen LogP) is 2.00. The lowest BCUT2D eigenvalue weighted by Gasteiger charge is -2.16. The van der Waals surface area contributed by atoms with Crippen molar-refractivity contribution in [2.75, 3.05) is 18.9 Å². The van der Waals surface area contributed by atoms with Crippen LogP contribution in [0.15, 0.2) is 42.7 Å². The van der Waals surface area contributed by atoms with Crippen LogP contribution in [0.25, 0.3) is 0 Å². The van der Waals surface area contributed by atoms with Gasteiger partial charge in [-0.25, -0.2) is 8.78 Å². The zero-order valence-corrected chi connectivity index (χ0v) is 12.4. The first-order valence-corrected chi connectivity index (χ1v) is 6.88. The van der Waals surface area contributed by atoms with Crippen LogP contribution in [0.2, 0.25) is 0 Å². The smallest absolute Gasteiger partial charge is 0.314 e. The second-order valence-corrected chi connectivity index (χ2v) is 4.88. The maximum atomic E-state index is 13.5. The van der Waals surface area contributed by atoms with Gasteiger partial charge in [-0.15, -0.1) is 0 Å². The molecule has 2 aromatic rings. The van der Waals surface area contributed by atoms with Crippen molar-refractivity contribution >= 4 is 17.5 Å². The number of benzene rings is 1. The number of rotatable bonds is 4. The molecular weight excluding hydrogens is 304 g/mol. The van der Waals surface area contributed by atoms with Gasteiger partial charge in [-0.3, -0.25) is 14.6 Å². The molecule has 5 nitrogen and oxygen atoms in total. The third kappa shape index (κ3) is 4.32. The number of hydrogen-bond donors (Lipinski definition) is 1. The molecule has 1 heterocycles. The lowest BCUT2D eigenvalue weighted by atomic mass is 10.2. The summed E-state index contributed by atoms with van der Waals surface area (Å²) < 4.78 is 26.9. The number of hydrogen-bond acceptors (Lipinski definition) is 3. The van der Waals surface area contributed by atoms with E-state index in [4.69, 9.17) is 0 Å². The van der Waals surface area contributed by atoms with Crippen molar-refractivity contribution in [2.24, 2.45) is 0 Å². The summed E-state index contributed by atoms with van der Waals surface area (Å²) in [4.78, 5) is 28.8. The molecule has 0 radical (unpaired) electrons. The zero-order valence-electron chi connectivity index (χ0n) is 12.4. The average Bonchev–Trinajstić information content (AvgIpc) is 2.56. The van der Waals surface area contributed by atoms with E-state index in [2.05, 4.69) is 4.98 Å². The molecule has 120 valence electrons. The fraction of sp³-hybridized carbons (Fsp3) is 0.188. The molecule has 0 bridgehead atoms. The van der Waals surface area contributed by atoms with Crippen LogP contribution in [0.5, 0.6) is 0 Å². The third-order valence-electron chi connectivity index (χ3n) is 3.23. The van der Waals surface area contributed by atoms with Gasteiger partial charge in [-0.2, -0.15) is 0 Å². The van der Waals surface area contributed by atoms with E-state index in [1.807, 2.05) is 5.32 Å². The summed E-state index contributed by atoms with van der Waals surface area (Å²) in [6.07, 6.45) is 3.79. The van der Waals surface area contributed by atoms with Gasteiger partial charge >= 0.3 is 11.8 Å². The molecule has 0 unspecified atom stereocenters. The highest BCUT2D eigenvalue weighted by Gasteiger charge is 2.21. The van der Waals surface area contributed by atoms with Crippen molar-refractivity contribution in [1.82, 2.24) is 9.88 Å². The van der Waals surface area contributed by atoms with Crippen molar-refractivity contribution in [3.8, 4) is 0 Å². The lowest BCUT2D eigenvalue weighted by Crippen LogP contribution is -2.38. The molecule has 0 saturated carbocycles. The Morgan fingerprint density at radius 3 is 2.35 bits per heavy atom. The highest BCUT2D eigenvalue weighted by Crippen LogP contribution is 2.17. The quantitative estimate of drug-likeness (QED) is 0.877. The van der Waals surface area contributed by atoms with E-state index in [0.29, 0.717) is 6.42 Å². The van der Waals surface area contributed by atoms with Gasteiger partial charge in [0.15, 0.2) is 0 Å². The highest BCUT2D eigenvalue weighted by atomic mass is 19.1. The van der Waals surface area contributed by atoms with E-state index in [9.17, 15) is 18.4 Å². The number of para-hydroxylation sites is 1. The highest BCUT2D eigenvalue weighted by molar-refractivity contribution is 6.39. The van der Waals surface area contributed by atoms with Gasteiger partial charge in [0, 0.05) is 26.0 Å². The zero-order chi connectivity index (χ0) is 16.8. The van der Waals surface area contributed by atoms with E-state index in [1.165, 1.54) is 18.0 Å². The summed E-state index contributed by atoms with van der Waals surface area (Å²) in [6, 6.07) is 6.76. The van der Waals surface area contributed by atoms with Crippen LogP contribution in [0.1, 0.15) is 5.56 Å². The van der Waals surface area contributed by atoms with Crippen molar-refractivity contribution in [2.45, 2.75) is 6.42 Å². The molecule has 2 rings (SSSR count). The molecule has 0 aliphatic heterocycles. The first-order valence-electron chi connectivity index (χ1n) is 6.88. The van der Waals surface area contributed by atoms with Crippen molar-refractivity contribution < 1.29 is 18.4 Å². The number of likely N-dealkylation sites (N-methyl/N-ethyl adjacent to an activating group) is 1. The van der Waals surface area contributed by atoms with Crippen LogP contribution < -0.4 is 5.32 Å². The predicted molar refractivity (Wildman–Crippen MR) is 80.6 cm³/mol. The second kappa shape index (κ2) is 7.44. The van der Waals surface area contributed by atoms with Crippen LogP contribution in [-0.4, -0.2) is 35.3 Å². The van der Waals surface area contributed by atoms with E-state index in [1.54, 1.807) is 24.5 Å². The minimum atomic E-state index is -1.09. The van der Waals surface area contributed by atoms with Crippen LogP contribution >= 0.6 is 0 Å². The van der Waals surface area contributed by atoms with E-state index < -0.39 is 29.1 Å². The molecule has 1 aromatic heterocycles. The van der Waals surface area contributed by atoms with Gasteiger partial charge in [-0.1, -0.05) is 6.07 Å². The Balaban J connectivity index is 1.95. The Hall–Kier alpha value is -2.83. The van der Waals surface area contributed by atoms with Gasteiger partial charge in [-0.05, 0) is 36.2 Å². The monoisotopic (exact) mass is 319 g/mol. The van der Waals surface area contributed by atoms with Crippen LogP contribution in [0.4, 0.5) is 14.5 Å². The molecule has 1 aromatic carbocycles. The summed E-state index contributed by atoms with van der Waals surface area (Å²) in [5.41, 5.74) is 0.327. The molecule has 0 saturated heterocycles. The Bertz CT molecular complexity index is 687. The minimum absolute atomic E-state index is 0.288. The standard InChI is InChI=1S/C16H15F2N3O2/c1-21(10-7-11-5-8-19-9-6-11)16(23)15(22)20-14-12(17)3-2-4-13(14)18/h2-6,8-9H,7,10H2,1H3,(H,20,22). The van der Waals surface area contributed by atoms with Crippen molar-refractivity contribution in [1.29, 1.82) is 0 Å². The van der Waals surface area contributed by atoms with Crippen molar-refractivity contribution in [3.05, 3.63) is 59.9 Å². The fourth-order valence-corrected chi connectivity index (χ4v) is 1.91. The van der Waals surface area contributed by atoms with Crippen LogP contribution in [0, 0.1) is 11.6 Å². The van der Waals surface area contributed by atoms with Crippen LogP contribution in [-0.2, 0) is 16.0 Å². The molecular formula is C16H15F2N3O2. The molecule has 0 atom stereocenters. The summed E-state index contributed by atoms with van der Waals surface area (Å²) >= 11 is 0. The average molecular weight is 319 g/mol. The first kappa shape index (κ1) is 16.5. The second-order valence-electron chi connectivity index (χ2n) is 4.88. The van der Waals surface area contributed by atoms with Gasteiger partial charge < -0.3 is 10.2 Å². The number of carbonyl (C=O) groups excluding carboxylic acids is 2.